The third-order valence-corrected chi connectivity index (χ3v) is 7.28. The molecule has 0 aliphatic carbocycles. The lowest BCUT2D eigenvalue weighted by molar-refractivity contribution is 0.251. The molecular weight excluding hydrogens is 263 g/mol. The van der Waals surface area contributed by atoms with Crippen molar-refractivity contribution in [1.29, 1.82) is 0 Å². The molecule has 0 radical (unpaired) electrons. The summed E-state index contributed by atoms with van der Waals surface area (Å²) in [5, 5.41) is 0. The maximum absolute atomic E-state index is 12.7. The molecule has 0 saturated carbocycles. The Balaban J connectivity index is 2.64. The van der Waals surface area contributed by atoms with Crippen LogP contribution < -0.4 is 0 Å². The van der Waals surface area contributed by atoms with E-state index < -0.39 is 6.57 Å². The topological polar surface area (TPSA) is 26.3 Å². The van der Waals surface area contributed by atoms with E-state index >= 15 is 0 Å². The number of benzene rings is 1. The number of hydrogen-bond acceptors (Lipinski definition) is 3. The molecule has 1 rings (SSSR count). The van der Waals surface area contributed by atoms with Crippen molar-refractivity contribution in [1.82, 2.24) is 0 Å². The van der Waals surface area contributed by atoms with Crippen LogP contribution in [0.15, 0.2) is 30.3 Å². The van der Waals surface area contributed by atoms with Gasteiger partial charge in [0.25, 0.3) is 6.57 Å². The lowest BCUT2D eigenvalue weighted by Gasteiger charge is -2.21. The molecular formula is C14H23O2PS. The van der Waals surface area contributed by atoms with Gasteiger partial charge in [-0.15, -0.1) is 0 Å². The summed E-state index contributed by atoms with van der Waals surface area (Å²) in [4.78, 5) is 0. The quantitative estimate of drug-likeness (QED) is 0.645. The van der Waals surface area contributed by atoms with Crippen molar-refractivity contribution in [3.63, 3.8) is 0 Å². The molecule has 102 valence electrons. The molecule has 1 aromatic carbocycles. The molecule has 0 aromatic heterocycles. The highest BCUT2D eigenvalue weighted by atomic mass is 32.7. The fraction of sp³-hybridized carbons (Fsp3) is 0.571. The molecule has 1 atom stereocenters. The van der Waals surface area contributed by atoms with Crippen LogP contribution >= 0.6 is 18.0 Å². The highest BCUT2D eigenvalue weighted by Crippen LogP contribution is 2.62. The van der Waals surface area contributed by atoms with Crippen LogP contribution in [0.25, 0.3) is 0 Å². The van der Waals surface area contributed by atoms with E-state index in [2.05, 4.69) is 26.0 Å². The lowest BCUT2D eigenvalue weighted by Crippen LogP contribution is -2.05. The van der Waals surface area contributed by atoms with Crippen LogP contribution in [-0.2, 0) is 14.8 Å². The standard InChI is InChI=1S/C14H23O2PS/c1-12(2)10-17(15,16-13(3)4)18-11-14-8-6-5-7-9-14/h5-9,12-13H,10-11H2,1-4H3. The summed E-state index contributed by atoms with van der Waals surface area (Å²) in [7, 11) is 0. The van der Waals surface area contributed by atoms with Crippen molar-refractivity contribution in [2.75, 3.05) is 6.16 Å². The van der Waals surface area contributed by atoms with Crippen LogP contribution in [0.2, 0.25) is 0 Å². The van der Waals surface area contributed by atoms with Gasteiger partial charge < -0.3 is 4.52 Å². The molecule has 1 unspecified atom stereocenters. The molecule has 1 aromatic rings. The van der Waals surface area contributed by atoms with Crippen LogP contribution in [0, 0.1) is 5.92 Å². The van der Waals surface area contributed by atoms with Gasteiger partial charge in [-0.3, -0.25) is 4.57 Å². The average molecular weight is 286 g/mol. The zero-order chi connectivity index (χ0) is 13.6. The molecule has 0 heterocycles. The normalized spacial score (nSPS) is 15.0. The second kappa shape index (κ2) is 7.37. The first-order valence-electron chi connectivity index (χ1n) is 6.37. The minimum atomic E-state index is -2.58. The van der Waals surface area contributed by atoms with Gasteiger partial charge in [0.15, 0.2) is 0 Å². The SMILES string of the molecule is CC(C)CP(=O)(OC(C)C)SCc1ccccc1. The highest BCUT2D eigenvalue weighted by molar-refractivity contribution is 8.56. The van der Waals surface area contributed by atoms with Crippen LogP contribution in [-0.4, -0.2) is 12.3 Å². The van der Waals surface area contributed by atoms with E-state index in [0.29, 0.717) is 12.1 Å². The third kappa shape index (κ3) is 6.08. The van der Waals surface area contributed by atoms with Crippen LogP contribution in [0.3, 0.4) is 0 Å². The predicted molar refractivity (Wildman–Crippen MR) is 81.3 cm³/mol. The van der Waals surface area contributed by atoms with Crippen LogP contribution in [0.5, 0.6) is 0 Å². The Morgan fingerprint density at radius 1 is 1.17 bits per heavy atom. The number of hydrogen-bond donors (Lipinski definition) is 0. The van der Waals surface area contributed by atoms with Crippen molar-refractivity contribution in [2.45, 2.75) is 39.6 Å². The van der Waals surface area contributed by atoms with Gasteiger partial charge in [-0.1, -0.05) is 55.6 Å². The molecule has 18 heavy (non-hydrogen) atoms. The van der Waals surface area contributed by atoms with Gasteiger partial charge in [0.05, 0.1) is 6.10 Å². The average Bonchev–Trinajstić information content (AvgIpc) is 2.26. The molecule has 0 fully saturated rings. The van der Waals surface area contributed by atoms with Gasteiger partial charge in [-0.25, -0.2) is 0 Å². The molecule has 2 nitrogen and oxygen atoms in total. The van der Waals surface area contributed by atoms with Gasteiger partial charge in [-0.2, -0.15) is 0 Å². The molecule has 0 N–H and O–H groups in total. The zero-order valence-corrected chi connectivity index (χ0v) is 13.3. The monoisotopic (exact) mass is 286 g/mol. The van der Waals surface area contributed by atoms with E-state index in [-0.39, 0.29) is 6.10 Å². The largest absolute Gasteiger partial charge is 0.318 e. The molecule has 0 bridgehead atoms. The second-order valence-corrected chi connectivity index (χ2v) is 9.89. The maximum Gasteiger partial charge on any atom is 0.258 e. The molecule has 0 aliphatic heterocycles. The lowest BCUT2D eigenvalue weighted by atomic mass is 10.2. The first kappa shape index (κ1) is 15.8. The number of rotatable bonds is 7. The van der Waals surface area contributed by atoms with Gasteiger partial charge in [0.1, 0.15) is 0 Å². The van der Waals surface area contributed by atoms with Gasteiger partial charge in [0, 0.05) is 11.9 Å². The van der Waals surface area contributed by atoms with Gasteiger partial charge in [-0.05, 0) is 25.3 Å². The first-order chi connectivity index (χ1) is 8.41. The Morgan fingerprint density at radius 2 is 1.78 bits per heavy atom. The Labute approximate surface area is 115 Å². The minimum absolute atomic E-state index is 0.0119. The van der Waals surface area contributed by atoms with E-state index in [1.807, 2.05) is 32.0 Å². The van der Waals surface area contributed by atoms with Crippen molar-refractivity contribution in [2.24, 2.45) is 5.92 Å². The van der Waals surface area contributed by atoms with Crippen molar-refractivity contribution in [3.05, 3.63) is 35.9 Å². The summed E-state index contributed by atoms with van der Waals surface area (Å²) >= 11 is 1.47. The smallest absolute Gasteiger partial charge is 0.258 e. The van der Waals surface area contributed by atoms with Gasteiger partial charge in [0.2, 0.25) is 0 Å². The summed E-state index contributed by atoms with van der Waals surface area (Å²) in [6, 6.07) is 10.1. The van der Waals surface area contributed by atoms with Crippen molar-refractivity contribution < 1.29 is 9.09 Å². The maximum atomic E-state index is 12.7. The summed E-state index contributed by atoms with van der Waals surface area (Å²) in [5.74, 6) is 1.13. The second-order valence-electron chi connectivity index (χ2n) is 5.10. The summed E-state index contributed by atoms with van der Waals surface area (Å²) in [6.45, 7) is 5.47. The molecule has 0 spiro atoms. The Morgan fingerprint density at radius 3 is 2.28 bits per heavy atom. The first-order valence-corrected chi connectivity index (χ1v) is 9.77. The Bertz CT molecular complexity index is 376. The third-order valence-electron chi connectivity index (χ3n) is 2.23. The van der Waals surface area contributed by atoms with Crippen molar-refractivity contribution in [3.8, 4) is 0 Å². The summed E-state index contributed by atoms with van der Waals surface area (Å²) in [6.07, 6.45) is 0.653. The van der Waals surface area contributed by atoms with Crippen LogP contribution in [0.4, 0.5) is 0 Å². The molecule has 0 amide bonds. The predicted octanol–water partition coefficient (Wildman–Crippen LogP) is 5.19. The fourth-order valence-corrected chi connectivity index (χ4v) is 6.92. The van der Waals surface area contributed by atoms with Gasteiger partial charge >= 0.3 is 0 Å². The Kier molecular flexibility index (Phi) is 6.48. The fourth-order valence-electron chi connectivity index (χ4n) is 1.64. The van der Waals surface area contributed by atoms with E-state index in [1.54, 1.807) is 0 Å². The summed E-state index contributed by atoms with van der Waals surface area (Å²) in [5.41, 5.74) is 1.19. The molecule has 4 heteroatoms. The minimum Gasteiger partial charge on any atom is -0.318 e. The van der Waals surface area contributed by atoms with E-state index in [9.17, 15) is 4.57 Å². The summed E-state index contributed by atoms with van der Waals surface area (Å²) < 4.78 is 18.4. The van der Waals surface area contributed by atoms with E-state index in [4.69, 9.17) is 4.52 Å². The van der Waals surface area contributed by atoms with Crippen LogP contribution in [0.1, 0.15) is 33.3 Å². The van der Waals surface area contributed by atoms with Crippen molar-refractivity contribution >= 4 is 18.0 Å². The molecule has 0 saturated heterocycles. The highest BCUT2D eigenvalue weighted by Gasteiger charge is 2.26. The molecule has 0 aliphatic rings. The Hall–Kier alpha value is -0.240. The van der Waals surface area contributed by atoms with E-state index in [1.165, 1.54) is 16.9 Å². The zero-order valence-electron chi connectivity index (χ0n) is 11.6. The van der Waals surface area contributed by atoms with E-state index in [0.717, 1.165) is 5.75 Å².